The van der Waals surface area contributed by atoms with Gasteiger partial charge in [-0.05, 0) is 0 Å². The van der Waals surface area contributed by atoms with E-state index in [0.717, 1.165) is 0 Å². The first-order chi connectivity index (χ1) is 0. The van der Waals surface area contributed by atoms with E-state index >= 15 is 0 Å². The molecule has 0 aromatic carbocycles. The van der Waals surface area contributed by atoms with Crippen LogP contribution in [0, 0.1) is 0 Å². The minimum Gasteiger partial charge on any atom is -0.870 e. The van der Waals surface area contributed by atoms with E-state index in [0.29, 0.717) is 0 Å². The van der Waals surface area contributed by atoms with Crippen molar-refractivity contribution in [3.63, 3.8) is 0 Å². The smallest absolute Gasteiger partial charge is 0 e. The molecule has 0 aromatic heterocycles. The molecular weight excluding hydrogens is 155 g/mol. The van der Waals surface area contributed by atoms with Gasteiger partial charge in [-0.2, -0.15) is 0 Å². The zero-order chi connectivity index (χ0) is 0. The summed E-state index contributed by atoms with van der Waals surface area (Å²) in [5.41, 5.74) is 0. The van der Waals surface area contributed by atoms with Crippen LogP contribution in [-0.4, -0.2) is 59.6 Å². The summed E-state index contributed by atoms with van der Waals surface area (Å²) in [7, 11) is 0. The van der Waals surface area contributed by atoms with Gasteiger partial charge in [0.25, 0.3) is 0 Å². The Hall–Kier alpha value is 1.68. The first kappa shape index (κ1) is 121. The second-order valence-corrected chi connectivity index (χ2v) is 0. The van der Waals surface area contributed by atoms with Crippen molar-refractivity contribution in [3.8, 4) is 0 Å². The van der Waals surface area contributed by atoms with Crippen LogP contribution in [0.15, 0.2) is 0 Å². The molecule has 0 heterocycles. The van der Waals surface area contributed by atoms with Crippen LogP contribution in [0.3, 0.4) is 0 Å². The molecule has 0 unspecified atom stereocenters. The van der Waals surface area contributed by atoms with E-state index in [2.05, 4.69) is 0 Å². The van der Waals surface area contributed by atoms with Gasteiger partial charge in [-0.15, -0.1) is 0 Å². The molecule has 0 bridgehead atoms. The molecule has 0 aliphatic carbocycles. The van der Waals surface area contributed by atoms with Crippen molar-refractivity contribution >= 4 is 37.7 Å². The zero-order valence-corrected chi connectivity index (χ0v) is 6.71. The summed E-state index contributed by atoms with van der Waals surface area (Å²) < 4.78 is 0. The maximum Gasteiger partial charge on any atom is 0 e. The van der Waals surface area contributed by atoms with Crippen LogP contribution in [0.25, 0.3) is 0 Å². The molecule has 0 spiro atoms. The molecule has 0 aliphatic rings. The van der Waals surface area contributed by atoms with Crippen molar-refractivity contribution in [3.05, 3.63) is 0 Å². The van der Waals surface area contributed by atoms with Crippen LogP contribution in [0.4, 0.5) is 0 Å². The van der Waals surface area contributed by atoms with Crippen molar-refractivity contribution < 1.29 is 40.5 Å². The van der Waals surface area contributed by atoms with Crippen LogP contribution in [0.5, 0.6) is 0 Å². The Kier molecular flexibility index (Phi) is 1540. The zero-order valence-electron chi connectivity index (χ0n) is 3.10. The van der Waals surface area contributed by atoms with Crippen LogP contribution in [-0.2, 0) is 18.6 Å². The SMILES string of the molecule is O.O.O.[Ca].[OH-].[V]. The Morgan fingerprint density at radius 3 is 0.667 bits per heavy atom. The maximum absolute atomic E-state index is 0. The van der Waals surface area contributed by atoms with Gasteiger partial charge >= 0.3 is 0 Å². The second-order valence-electron chi connectivity index (χ2n) is 0. The Balaban J connectivity index is 0. The summed E-state index contributed by atoms with van der Waals surface area (Å²) in [4.78, 5) is 0. The summed E-state index contributed by atoms with van der Waals surface area (Å²) in [5, 5.41) is 0. The van der Waals surface area contributed by atoms with Crippen molar-refractivity contribution in [1.82, 2.24) is 0 Å². The summed E-state index contributed by atoms with van der Waals surface area (Å²) in [6.45, 7) is 0. The van der Waals surface area contributed by atoms with E-state index < -0.39 is 0 Å². The first-order valence-electron chi connectivity index (χ1n) is 0. The fourth-order valence-electron chi connectivity index (χ4n) is 0. The molecular formula is H7CaO4V-. The molecule has 0 saturated heterocycles. The fourth-order valence-corrected chi connectivity index (χ4v) is 0. The maximum atomic E-state index is 0. The van der Waals surface area contributed by atoms with Crippen molar-refractivity contribution in [2.45, 2.75) is 0 Å². The fraction of sp³-hybridized carbons (Fsp3) is 0. The molecule has 0 aliphatic heterocycles. The number of rotatable bonds is 0. The van der Waals surface area contributed by atoms with Gasteiger partial charge in [-0.25, -0.2) is 0 Å². The van der Waals surface area contributed by atoms with E-state index in [9.17, 15) is 0 Å². The van der Waals surface area contributed by atoms with Crippen molar-refractivity contribution in [2.24, 2.45) is 0 Å². The second kappa shape index (κ2) is 76.1. The van der Waals surface area contributed by atoms with Gasteiger partial charge in [0.15, 0.2) is 0 Å². The Morgan fingerprint density at radius 1 is 0.667 bits per heavy atom. The Morgan fingerprint density at radius 2 is 0.667 bits per heavy atom. The topological polar surface area (TPSA) is 124 Å². The van der Waals surface area contributed by atoms with Gasteiger partial charge in [-0.3, -0.25) is 0 Å². The predicted octanol–water partition coefficient (Wildman–Crippen LogP) is -3.03. The summed E-state index contributed by atoms with van der Waals surface area (Å²) >= 11 is 0. The minimum atomic E-state index is 0. The van der Waals surface area contributed by atoms with Crippen LogP contribution in [0.2, 0.25) is 0 Å². The standard InChI is InChI=1S/Ca.4H2O.V/h;4*1H2;/p-1. The largest absolute Gasteiger partial charge is 0.870 e. The molecule has 7 N–H and O–H groups in total. The van der Waals surface area contributed by atoms with Gasteiger partial charge in [0, 0.05) is 56.3 Å². The third kappa shape index (κ3) is 44.0. The minimum absolute atomic E-state index is 0. The average molecular weight is 162 g/mol. The average Bonchev–Trinajstić information content (AvgIpc) is 0. The van der Waals surface area contributed by atoms with Gasteiger partial charge in [0.05, 0.1) is 0 Å². The molecule has 0 rings (SSSR count). The molecule has 0 aromatic rings. The molecule has 0 amide bonds. The number of hydrogen-bond donors (Lipinski definition) is 0. The first-order valence-corrected chi connectivity index (χ1v) is 0. The van der Waals surface area contributed by atoms with Crippen LogP contribution >= 0.6 is 0 Å². The van der Waals surface area contributed by atoms with Gasteiger partial charge < -0.3 is 21.9 Å². The van der Waals surface area contributed by atoms with Crippen LogP contribution in [0.1, 0.15) is 0 Å². The van der Waals surface area contributed by atoms with E-state index in [-0.39, 0.29) is 78.2 Å². The monoisotopic (exact) mass is 162 g/mol. The third-order valence-corrected chi connectivity index (χ3v) is 0. The Bertz CT molecular complexity index is 7.51. The number of hydrogen-bond acceptors (Lipinski definition) is 1. The summed E-state index contributed by atoms with van der Waals surface area (Å²) in [5.74, 6) is 0. The van der Waals surface area contributed by atoms with Crippen molar-refractivity contribution in [2.75, 3.05) is 0 Å². The van der Waals surface area contributed by atoms with E-state index in [4.69, 9.17) is 0 Å². The van der Waals surface area contributed by atoms with Crippen molar-refractivity contribution in [1.29, 1.82) is 0 Å². The molecule has 4 nitrogen and oxygen atoms in total. The van der Waals surface area contributed by atoms with Gasteiger partial charge in [0.1, 0.15) is 0 Å². The third-order valence-electron chi connectivity index (χ3n) is 0. The Labute approximate surface area is 77.4 Å². The molecule has 3 radical (unpaired) electrons. The molecule has 6 heavy (non-hydrogen) atoms. The van der Waals surface area contributed by atoms with E-state index in [1.807, 2.05) is 0 Å². The van der Waals surface area contributed by atoms with Crippen LogP contribution < -0.4 is 0 Å². The van der Waals surface area contributed by atoms with E-state index in [1.54, 1.807) is 0 Å². The van der Waals surface area contributed by atoms with Gasteiger partial charge in [0.2, 0.25) is 0 Å². The quantitative estimate of drug-likeness (QED) is 0.345. The van der Waals surface area contributed by atoms with E-state index in [1.165, 1.54) is 0 Å². The molecule has 39 valence electrons. The molecule has 0 fully saturated rings. The molecule has 6 heteroatoms. The predicted molar refractivity (Wildman–Crippen MR) is 18.5 cm³/mol. The normalized spacial score (nSPS) is 0. The molecule has 0 saturated carbocycles. The summed E-state index contributed by atoms with van der Waals surface area (Å²) in [6, 6.07) is 0. The van der Waals surface area contributed by atoms with Gasteiger partial charge in [-0.1, -0.05) is 0 Å². The molecule has 0 atom stereocenters. The summed E-state index contributed by atoms with van der Waals surface area (Å²) in [6.07, 6.45) is 0.